The van der Waals surface area contributed by atoms with Crippen molar-refractivity contribution < 1.29 is 14.0 Å². The van der Waals surface area contributed by atoms with Gasteiger partial charge in [-0.3, -0.25) is 19.4 Å². The molecule has 0 unspecified atom stereocenters. The molecule has 10 heteroatoms. The van der Waals surface area contributed by atoms with Gasteiger partial charge in [-0.15, -0.1) is 0 Å². The quantitative estimate of drug-likeness (QED) is 0.338. The van der Waals surface area contributed by atoms with E-state index in [9.17, 15) is 18.8 Å². The zero-order chi connectivity index (χ0) is 21.5. The van der Waals surface area contributed by atoms with Gasteiger partial charge in [-0.2, -0.15) is 0 Å². The molecule has 3 rings (SSSR count). The Hall–Kier alpha value is -3.66. The number of carbonyl (C=O) groups is 2. The summed E-state index contributed by atoms with van der Waals surface area (Å²) in [7, 11) is 0. The minimum Gasteiger partial charge on any atom is -0.382 e. The Morgan fingerprint density at radius 3 is 2.47 bits per heavy atom. The normalized spacial score (nSPS) is 10.4. The maximum Gasteiger partial charge on any atom is 0.277 e. The van der Waals surface area contributed by atoms with E-state index in [-0.39, 0.29) is 40.7 Å². The number of hydrogen-bond acceptors (Lipinski definition) is 6. The Labute approximate surface area is 175 Å². The zero-order valence-electron chi connectivity index (χ0n) is 15.6. The Morgan fingerprint density at radius 2 is 1.80 bits per heavy atom. The van der Waals surface area contributed by atoms with Crippen molar-refractivity contribution in [1.29, 1.82) is 0 Å². The monoisotopic (exact) mass is 427 g/mol. The molecule has 2 amide bonds. The summed E-state index contributed by atoms with van der Waals surface area (Å²) in [5.41, 5.74) is 6.15. The molecule has 8 nitrogen and oxygen atoms in total. The molecule has 1 heterocycles. The van der Waals surface area contributed by atoms with Gasteiger partial charge in [-0.1, -0.05) is 42.1 Å². The van der Waals surface area contributed by atoms with Gasteiger partial charge >= 0.3 is 0 Å². The lowest BCUT2D eigenvalue weighted by Gasteiger charge is -2.09. The van der Waals surface area contributed by atoms with Crippen LogP contribution < -0.4 is 21.9 Å². The third kappa shape index (κ3) is 5.67. The fourth-order valence-corrected chi connectivity index (χ4v) is 3.12. The molecule has 2 aromatic carbocycles. The van der Waals surface area contributed by atoms with Crippen LogP contribution in [-0.2, 0) is 11.3 Å². The highest BCUT2D eigenvalue weighted by molar-refractivity contribution is 7.99. The van der Waals surface area contributed by atoms with Crippen LogP contribution in [0.5, 0.6) is 0 Å². The van der Waals surface area contributed by atoms with Crippen molar-refractivity contribution in [2.75, 3.05) is 16.8 Å². The Kier molecular flexibility index (Phi) is 6.81. The fraction of sp³-hybridized carbons (Fsp3) is 0.100. The van der Waals surface area contributed by atoms with E-state index in [4.69, 9.17) is 5.73 Å². The lowest BCUT2D eigenvalue weighted by Crippen LogP contribution is -2.25. The fourth-order valence-electron chi connectivity index (χ4n) is 2.42. The van der Waals surface area contributed by atoms with Gasteiger partial charge in [-0.05, 0) is 29.8 Å². The standard InChI is InChI=1S/C20H18FN5O3S/c21-14-8-6-12(7-9-14)10-23-15(27)11-30-20-25-17(22)16(19(29)26-20)24-18(28)13-4-2-1-3-5-13/h1-9H,10-11H2,(H,23,27)(H,24,28)(H3,22,25,26,29). The molecule has 0 aliphatic rings. The van der Waals surface area contributed by atoms with E-state index < -0.39 is 11.5 Å². The predicted octanol–water partition coefficient (Wildman–Crippen LogP) is 2.15. The molecule has 0 bridgehead atoms. The summed E-state index contributed by atoms with van der Waals surface area (Å²) < 4.78 is 12.9. The number of aromatic nitrogens is 2. The van der Waals surface area contributed by atoms with E-state index in [2.05, 4.69) is 20.6 Å². The van der Waals surface area contributed by atoms with Crippen LogP contribution in [0, 0.1) is 5.82 Å². The molecule has 0 spiro atoms. The van der Waals surface area contributed by atoms with Gasteiger partial charge in [-0.25, -0.2) is 9.37 Å². The molecule has 0 aliphatic heterocycles. The lowest BCUT2D eigenvalue weighted by atomic mass is 10.2. The number of rotatable bonds is 7. The summed E-state index contributed by atoms with van der Waals surface area (Å²) in [6, 6.07) is 14.1. The molecule has 5 N–H and O–H groups in total. The van der Waals surface area contributed by atoms with E-state index in [1.165, 1.54) is 12.1 Å². The maximum absolute atomic E-state index is 12.9. The molecule has 0 saturated carbocycles. The highest BCUT2D eigenvalue weighted by Gasteiger charge is 2.14. The van der Waals surface area contributed by atoms with Gasteiger partial charge in [0.25, 0.3) is 11.5 Å². The van der Waals surface area contributed by atoms with Crippen LogP contribution in [-0.4, -0.2) is 27.5 Å². The number of nitrogens with zero attached hydrogens (tertiary/aromatic N) is 1. The molecular weight excluding hydrogens is 409 g/mol. The van der Waals surface area contributed by atoms with Crippen LogP contribution in [0.4, 0.5) is 15.9 Å². The molecule has 0 aliphatic carbocycles. The molecule has 0 atom stereocenters. The van der Waals surface area contributed by atoms with E-state index in [0.29, 0.717) is 5.56 Å². The average molecular weight is 427 g/mol. The van der Waals surface area contributed by atoms with Crippen LogP contribution in [0.25, 0.3) is 0 Å². The van der Waals surface area contributed by atoms with E-state index in [1.54, 1.807) is 42.5 Å². The number of benzene rings is 2. The second-order valence-electron chi connectivity index (χ2n) is 6.14. The Bertz CT molecular complexity index is 1100. The number of halogens is 1. The van der Waals surface area contributed by atoms with E-state index in [0.717, 1.165) is 17.3 Å². The predicted molar refractivity (Wildman–Crippen MR) is 113 cm³/mol. The van der Waals surface area contributed by atoms with Crippen LogP contribution >= 0.6 is 11.8 Å². The number of hydrogen-bond donors (Lipinski definition) is 4. The zero-order valence-corrected chi connectivity index (χ0v) is 16.5. The molecule has 0 fully saturated rings. The van der Waals surface area contributed by atoms with Crippen LogP contribution in [0.3, 0.4) is 0 Å². The van der Waals surface area contributed by atoms with Gasteiger partial charge in [0.15, 0.2) is 11.0 Å². The maximum atomic E-state index is 12.9. The first-order valence-electron chi connectivity index (χ1n) is 8.82. The third-order valence-electron chi connectivity index (χ3n) is 3.94. The largest absolute Gasteiger partial charge is 0.382 e. The Morgan fingerprint density at radius 1 is 1.10 bits per heavy atom. The SMILES string of the molecule is Nc1nc(SCC(=O)NCc2ccc(F)cc2)[nH]c(=O)c1NC(=O)c1ccccc1. The average Bonchev–Trinajstić information content (AvgIpc) is 2.75. The molecule has 30 heavy (non-hydrogen) atoms. The summed E-state index contributed by atoms with van der Waals surface area (Å²) in [5, 5.41) is 5.27. The van der Waals surface area contributed by atoms with Crippen LogP contribution in [0.1, 0.15) is 15.9 Å². The number of thioether (sulfide) groups is 1. The van der Waals surface area contributed by atoms with Crippen molar-refractivity contribution in [2.45, 2.75) is 11.7 Å². The lowest BCUT2D eigenvalue weighted by molar-refractivity contribution is -0.118. The molecule has 1 aromatic heterocycles. The highest BCUT2D eigenvalue weighted by Crippen LogP contribution is 2.17. The Balaban J connectivity index is 1.57. The molecule has 3 aromatic rings. The molecule has 0 saturated heterocycles. The molecule has 0 radical (unpaired) electrons. The number of carbonyl (C=O) groups excluding carboxylic acids is 2. The van der Waals surface area contributed by atoms with Gasteiger partial charge < -0.3 is 16.4 Å². The molecule has 154 valence electrons. The highest BCUT2D eigenvalue weighted by atomic mass is 32.2. The second-order valence-corrected chi connectivity index (χ2v) is 7.11. The minimum absolute atomic E-state index is 0.0146. The smallest absolute Gasteiger partial charge is 0.277 e. The number of nitrogens with one attached hydrogen (secondary N) is 3. The summed E-state index contributed by atoms with van der Waals surface area (Å²) in [6.07, 6.45) is 0. The van der Waals surface area contributed by atoms with Gasteiger partial charge in [0.2, 0.25) is 5.91 Å². The van der Waals surface area contributed by atoms with E-state index >= 15 is 0 Å². The first-order chi connectivity index (χ1) is 14.4. The van der Waals surface area contributed by atoms with Crippen molar-refractivity contribution >= 4 is 35.1 Å². The van der Waals surface area contributed by atoms with Crippen molar-refractivity contribution in [3.63, 3.8) is 0 Å². The van der Waals surface area contributed by atoms with E-state index in [1.807, 2.05) is 0 Å². The summed E-state index contributed by atoms with van der Waals surface area (Å²) in [4.78, 5) is 43.0. The summed E-state index contributed by atoms with van der Waals surface area (Å²) in [5.74, 6) is -1.31. The number of nitrogens with two attached hydrogens (primary N) is 1. The van der Waals surface area contributed by atoms with Gasteiger partial charge in [0, 0.05) is 12.1 Å². The third-order valence-corrected chi connectivity index (χ3v) is 4.82. The van der Waals surface area contributed by atoms with Crippen molar-refractivity contribution in [3.05, 3.63) is 81.9 Å². The van der Waals surface area contributed by atoms with Crippen molar-refractivity contribution in [1.82, 2.24) is 15.3 Å². The number of anilines is 2. The number of aromatic amines is 1. The van der Waals surface area contributed by atoms with Gasteiger partial charge in [0.1, 0.15) is 11.5 Å². The van der Waals surface area contributed by atoms with Crippen molar-refractivity contribution in [2.24, 2.45) is 0 Å². The van der Waals surface area contributed by atoms with Gasteiger partial charge in [0.05, 0.1) is 5.75 Å². The summed E-state index contributed by atoms with van der Waals surface area (Å²) >= 11 is 0.987. The molecular formula is C20H18FN5O3S. The number of nitrogen functional groups attached to an aromatic ring is 1. The topological polar surface area (TPSA) is 130 Å². The summed E-state index contributed by atoms with van der Waals surface area (Å²) in [6.45, 7) is 0.246. The number of H-pyrrole nitrogens is 1. The minimum atomic E-state index is -0.624. The second kappa shape index (κ2) is 9.70. The van der Waals surface area contributed by atoms with Crippen LogP contribution in [0.2, 0.25) is 0 Å². The number of amides is 2. The first-order valence-corrected chi connectivity index (χ1v) is 9.81. The van der Waals surface area contributed by atoms with Crippen LogP contribution in [0.15, 0.2) is 64.5 Å². The first kappa shape index (κ1) is 21.1. The van der Waals surface area contributed by atoms with Crippen molar-refractivity contribution in [3.8, 4) is 0 Å².